The Bertz CT molecular complexity index is 714. The quantitative estimate of drug-likeness (QED) is 0.848. The van der Waals surface area contributed by atoms with Gasteiger partial charge in [-0.05, 0) is 48.6 Å². The third-order valence-corrected chi connectivity index (χ3v) is 4.57. The van der Waals surface area contributed by atoms with Crippen LogP contribution in [-0.4, -0.2) is 18.0 Å². The number of nitrogens with one attached hydrogen (secondary N) is 1. The van der Waals surface area contributed by atoms with Crippen LogP contribution in [0.15, 0.2) is 42.5 Å². The highest BCUT2D eigenvalue weighted by Crippen LogP contribution is 2.35. The van der Waals surface area contributed by atoms with Gasteiger partial charge in [0.25, 0.3) is 0 Å². The van der Waals surface area contributed by atoms with Crippen molar-refractivity contribution in [3.05, 3.63) is 64.2 Å². The molecule has 3 rings (SSSR count). The van der Waals surface area contributed by atoms with Gasteiger partial charge in [0.2, 0.25) is 0 Å². The summed E-state index contributed by atoms with van der Waals surface area (Å²) in [6.07, 6.45) is 1.99. The van der Waals surface area contributed by atoms with E-state index in [9.17, 15) is 4.79 Å². The molecule has 3 nitrogen and oxygen atoms in total. The van der Waals surface area contributed by atoms with Gasteiger partial charge in [-0.1, -0.05) is 41.9 Å². The Labute approximate surface area is 135 Å². The van der Waals surface area contributed by atoms with E-state index in [0.29, 0.717) is 5.02 Å². The second-order valence-corrected chi connectivity index (χ2v) is 6.19. The van der Waals surface area contributed by atoms with Gasteiger partial charge in [0.1, 0.15) is 0 Å². The van der Waals surface area contributed by atoms with Gasteiger partial charge >= 0.3 is 6.03 Å². The van der Waals surface area contributed by atoms with Gasteiger partial charge in [-0.3, -0.25) is 0 Å². The van der Waals surface area contributed by atoms with Gasteiger partial charge < -0.3 is 10.2 Å². The van der Waals surface area contributed by atoms with Crippen molar-refractivity contribution in [2.75, 3.05) is 12.4 Å². The molecule has 1 aliphatic carbocycles. The highest BCUT2D eigenvalue weighted by molar-refractivity contribution is 6.31. The van der Waals surface area contributed by atoms with Crippen molar-refractivity contribution >= 4 is 23.3 Å². The molecule has 0 saturated heterocycles. The van der Waals surface area contributed by atoms with E-state index in [1.54, 1.807) is 11.0 Å². The first-order chi connectivity index (χ1) is 10.6. The number of benzene rings is 2. The van der Waals surface area contributed by atoms with E-state index in [4.69, 9.17) is 11.6 Å². The summed E-state index contributed by atoms with van der Waals surface area (Å²) < 4.78 is 0. The summed E-state index contributed by atoms with van der Waals surface area (Å²) in [5.41, 5.74) is 4.35. The molecule has 0 fully saturated rings. The predicted molar refractivity (Wildman–Crippen MR) is 90.5 cm³/mol. The summed E-state index contributed by atoms with van der Waals surface area (Å²) in [4.78, 5) is 14.3. The number of urea groups is 1. The zero-order valence-electron chi connectivity index (χ0n) is 12.8. The van der Waals surface area contributed by atoms with Crippen LogP contribution in [-0.2, 0) is 6.42 Å². The minimum atomic E-state index is -0.105. The van der Waals surface area contributed by atoms with Gasteiger partial charge in [0.15, 0.2) is 0 Å². The molecule has 114 valence electrons. The van der Waals surface area contributed by atoms with Crippen molar-refractivity contribution in [3.63, 3.8) is 0 Å². The van der Waals surface area contributed by atoms with Crippen LogP contribution in [0, 0.1) is 6.92 Å². The summed E-state index contributed by atoms with van der Waals surface area (Å²) in [5, 5.41) is 3.58. The fourth-order valence-electron chi connectivity index (χ4n) is 3.01. The number of nitrogens with zero attached hydrogens (tertiary/aromatic N) is 1. The fraction of sp³-hybridized carbons (Fsp3) is 0.278. The van der Waals surface area contributed by atoms with E-state index >= 15 is 0 Å². The zero-order chi connectivity index (χ0) is 15.7. The molecule has 4 heteroatoms. The molecule has 0 aromatic heterocycles. The molecule has 0 aliphatic heterocycles. The summed E-state index contributed by atoms with van der Waals surface area (Å²) in [5.74, 6) is 0. The van der Waals surface area contributed by atoms with Crippen molar-refractivity contribution in [2.45, 2.75) is 25.8 Å². The normalized spacial score (nSPS) is 16.2. The molecule has 2 amide bonds. The van der Waals surface area contributed by atoms with Crippen LogP contribution in [0.2, 0.25) is 5.02 Å². The molecule has 1 aliphatic rings. The van der Waals surface area contributed by atoms with Crippen molar-refractivity contribution in [1.29, 1.82) is 0 Å². The fourth-order valence-corrected chi connectivity index (χ4v) is 3.18. The van der Waals surface area contributed by atoms with Crippen LogP contribution in [0.1, 0.15) is 29.2 Å². The van der Waals surface area contributed by atoms with Crippen molar-refractivity contribution in [1.82, 2.24) is 4.90 Å². The molecule has 1 N–H and O–H groups in total. The first-order valence-electron chi connectivity index (χ1n) is 7.44. The Morgan fingerprint density at radius 3 is 2.86 bits per heavy atom. The second-order valence-electron chi connectivity index (χ2n) is 5.75. The average molecular weight is 315 g/mol. The molecule has 0 spiro atoms. The van der Waals surface area contributed by atoms with Gasteiger partial charge in [-0.2, -0.15) is 0 Å². The van der Waals surface area contributed by atoms with E-state index in [2.05, 4.69) is 23.5 Å². The Balaban J connectivity index is 1.77. The smallest absolute Gasteiger partial charge is 0.321 e. The SMILES string of the molecule is Cc1ccc(Cl)cc1NC(=O)N(C)[C@@H]1CCc2ccccc21. The Hall–Kier alpha value is -2.00. The van der Waals surface area contributed by atoms with Gasteiger partial charge in [0.05, 0.1) is 6.04 Å². The van der Waals surface area contributed by atoms with E-state index in [0.717, 1.165) is 24.1 Å². The maximum atomic E-state index is 12.5. The topological polar surface area (TPSA) is 32.3 Å². The Kier molecular flexibility index (Phi) is 4.08. The van der Waals surface area contributed by atoms with Crippen LogP contribution in [0.3, 0.4) is 0 Å². The summed E-state index contributed by atoms with van der Waals surface area (Å²) >= 11 is 6.01. The largest absolute Gasteiger partial charge is 0.322 e. The first-order valence-corrected chi connectivity index (χ1v) is 7.82. The minimum Gasteiger partial charge on any atom is -0.321 e. The predicted octanol–water partition coefficient (Wildman–Crippen LogP) is 4.80. The Morgan fingerprint density at radius 2 is 2.05 bits per heavy atom. The number of carbonyl (C=O) groups excluding carboxylic acids is 1. The monoisotopic (exact) mass is 314 g/mol. The standard InChI is InChI=1S/C18H19ClN2O/c1-12-7-9-14(19)11-16(12)20-18(22)21(2)17-10-8-13-5-3-4-6-15(13)17/h3-7,9,11,17H,8,10H2,1-2H3,(H,20,22)/t17-/m1/s1. The summed E-state index contributed by atoms with van der Waals surface area (Å²) in [6, 6.07) is 13.9. The van der Waals surface area contributed by atoms with Gasteiger partial charge in [-0.25, -0.2) is 4.79 Å². The molecule has 0 unspecified atom stereocenters. The number of hydrogen-bond donors (Lipinski definition) is 1. The second kappa shape index (κ2) is 6.01. The number of rotatable bonds is 2. The molecule has 0 bridgehead atoms. The van der Waals surface area contributed by atoms with Crippen molar-refractivity contribution < 1.29 is 4.79 Å². The lowest BCUT2D eigenvalue weighted by atomic mass is 10.1. The molecule has 2 aromatic carbocycles. The first kappa shape index (κ1) is 14.9. The number of amides is 2. The minimum absolute atomic E-state index is 0.105. The molecule has 1 atom stereocenters. The molecule has 0 heterocycles. The number of hydrogen-bond acceptors (Lipinski definition) is 1. The lowest BCUT2D eigenvalue weighted by Gasteiger charge is -2.26. The lowest BCUT2D eigenvalue weighted by Crippen LogP contribution is -2.34. The molecule has 0 radical (unpaired) electrons. The summed E-state index contributed by atoms with van der Waals surface area (Å²) in [7, 11) is 1.85. The zero-order valence-corrected chi connectivity index (χ0v) is 13.5. The van der Waals surface area contributed by atoms with E-state index in [-0.39, 0.29) is 12.1 Å². The van der Waals surface area contributed by atoms with E-state index in [1.807, 2.05) is 32.2 Å². The van der Waals surface area contributed by atoms with Crippen LogP contribution >= 0.6 is 11.6 Å². The molecular weight excluding hydrogens is 296 g/mol. The lowest BCUT2D eigenvalue weighted by molar-refractivity contribution is 0.204. The summed E-state index contributed by atoms with van der Waals surface area (Å²) in [6.45, 7) is 1.96. The van der Waals surface area contributed by atoms with Crippen LogP contribution in [0.5, 0.6) is 0 Å². The number of halogens is 1. The third kappa shape index (κ3) is 2.81. The Morgan fingerprint density at radius 1 is 1.27 bits per heavy atom. The van der Waals surface area contributed by atoms with Crippen LogP contribution in [0.4, 0.5) is 10.5 Å². The highest BCUT2D eigenvalue weighted by Gasteiger charge is 2.28. The molecule has 0 saturated carbocycles. The van der Waals surface area contributed by atoms with Crippen LogP contribution < -0.4 is 5.32 Å². The molecule has 2 aromatic rings. The van der Waals surface area contributed by atoms with E-state index in [1.165, 1.54) is 11.1 Å². The molecule has 22 heavy (non-hydrogen) atoms. The maximum absolute atomic E-state index is 12.5. The van der Waals surface area contributed by atoms with Crippen molar-refractivity contribution in [3.8, 4) is 0 Å². The highest BCUT2D eigenvalue weighted by atomic mass is 35.5. The van der Waals surface area contributed by atoms with Crippen molar-refractivity contribution in [2.24, 2.45) is 0 Å². The molecular formula is C18H19ClN2O. The van der Waals surface area contributed by atoms with Crippen LogP contribution in [0.25, 0.3) is 0 Å². The average Bonchev–Trinajstić information content (AvgIpc) is 2.94. The number of aryl methyl sites for hydroxylation is 2. The van der Waals surface area contributed by atoms with Gasteiger partial charge in [-0.15, -0.1) is 0 Å². The number of fused-ring (bicyclic) bond motifs is 1. The number of anilines is 1. The van der Waals surface area contributed by atoms with E-state index < -0.39 is 0 Å². The van der Waals surface area contributed by atoms with Gasteiger partial charge in [0, 0.05) is 17.8 Å². The maximum Gasteiger partial charge on any atom is 0.322 e. The third-order valence-electron chi connectivity index (χ3n) is 4.33. The number of carbonyl (C=O) groups is 1.